The van der Waals surface area contributed by atoms with E-state index in [1.165, 1.54) is 89.5 Å². The molecule has 2 aromatic carbocycles. The number of benzene rings is 2. The first kappa shape index (κ1) is 23.4. The van der Waals surface area contributed by atoms with Crippen LogP contribution in [0.1, 0.15) is 86.1 Å². The zero-order valence-electron chi connectivity index (χ0n) is 21.7. The molecule has 2 aromatic rings. The molecule has 2 atom stereocenters. The van der Waals surface area contributed by atoms with Crippen LogP contribution in [0.5, 0.6) is 0 Å². The van der Waals surface area contributed by atoms with Crippen molar-refractivity contribution >= 4 is 6.08 Å². The van der Waals surface area contributed by atoms with Gasteiger partial charge in [0.2, 0.25) is 0 Å². The van der Waals surface area contributed by atoms with Crippen LogP contribution >= 0.6 is 0 Å². The summed E-state index contributed by atoms with van der Waals surface area (Å²) in [6.45, 7) is 15.8. The minimum Gasteiger partial charge on any atom is -0.0992 e. The SMILES string of the molecule is C=C1C[C@@H](CC)C(=C)C1CC1=Cc2cccc(-c3cc(C)cc(C)c3CC3CCCCC3)c2C1. The first-order valence-electron chi connectivity index (χ1n) is 13.7. The first-order valence-corrected chi connectivity index (χ1v) is 13.7. The van der Waals surface area contributed by atoms with Crippen molar-refractivity contribution in [2.24, 2.45) is 17.8 Å². The summed E-state index contributed by atoms with van der Waals surface area (Å²) < 4.78 is 0. The van der Waals surface area contributed by atoms with Gasteiger partial charge >= 0.3 is 0 Å². The van der Waals surface area contributed by atoms with Gasteiger partial charge in [-0.3, -0.25) is 0 Å². The van der Waals surface area contributed by atoms with E-state index in [4.69, 9.17) is 0 Å². The maximum absolute atomic E-state index is 4.49. The van der Waals surface area contributed by atoms with Crippen LogP contribution in [0, 0.1) is 31.6 Å². The molecule has 0 radical (unpaired) electrons. The number of aryl methyl sites for hydroxylation is 2. The zero-order chi connectivity index (χ0) is 23.8. The Morgan fingerprint density at radius 3 is 2.47 bits per heavy atom. The number of fused-ring (bicyclic) bond motifs is 1. The van der Waals surface area contributed by atoms with E-state index in [-0.39, 0.29) is 0 Å². The minimum absolute atomic E-state index is 0.469. The summed E-state index contributed by atoms with van der Waals surface area (Å²) in [4.78, 5) is 0. The summed E-state index contributed by atoms with van der Waals surface area (Å²) in [7, 11) is 0. The monoisotopic (exact) mass is 450 g/mol. The first-order chi connectivity index (χ1) is 16.4. The smallest absolute Gasteiger partial charge is 0.00421 e. The van der Waals surface area contributed by atoms with Crippen molar-refractivity contribution in [2.45, 2.75) is 85.0 Å². The van der Waals surface area contributed by atoms with Gasteiger partial charge in [-0.2, -0.15) is 0 Å². The molecule has 0 saturated heterocycles. The summed E-state index contributed by atoms with van der Waals surface area (Å²) in [6, 6.07) is 11.8. The lowest BCUT2D eigenvalue weighted by molar-refractivity contribution is 0.356. The molecule has 0 nitrogen and oxygen atoms in total. The Bertz CT molecular complexity index is 1130. The Morgan fingerprint density at radius 2 is 1.74 bits per heavy atom. The van der Waals surface area contributed by atoms with E-state index in [0.29, 0.717) is 11.8 Å². The summed E-state index contributed by atoms with van der Waals surface area (Å²) >= 11 is 0. The van der Waals surface area contributed by atoms with Crippen molar-refractivity contribution in [3.8, 4) is 11.1 Å². The van der Waals surface area contributed by atoms with E-state index >= 15 is 0 Å². The van der Waals surface area contributed by atoms with Gasteiger partial charge in [-0.25, -0.2) is 0 Å². The van der Waals surface area contributed by atoms with Gasteiger partial charge in [0.25, 0.3) is 0 Å². The van der Waals surface area contributed by atoms with E-state index in [2.05, 4.69) is 70.3 Å². The predicted molar refractivity (Wildman–Crippen MR) is 148 cm³/mol. The van der Waals surface area contributed by atoms with Crippen molar-refractivity contribution in [1.29, 1.82) is 0 Å². The van der Waals surface area contributed by atoms with Gasteiger partial charge in [-0.05, 0) is 91.2 Å². The molecule has 3 aliphatic carbocycles. The van der Waals surface area contributed by atoms with Gasteiger partial charge in [0.05, 0.1) is 0 Å². The highest BCUT2D eigenvalue weighted by molar-refractivity contribution is 5.80. The number of allylic oxidation sites excluding steroid dienone is 3. The van der Waals surface area contributed by atoms with Crippen LogP contribution < -0.4 is 0 Å². The molecule has 0 N–H and O–H groups in total. The molecular weight excluding hydrogens is 408 g/mol. The summed E-state index contributed by atoms with van der Waals surface area (Å²) in [6.07, 6.45) is 15.3. The Kier molecular flexibility index (Phi) is 6.70. The number of hydrogen-bond donors (Lipinski definition) is 0. The topological polar surface area (TPSA) is 0 Å². The molecule has 2 fully saturated rings. The van der Waals surface area contributed by atoms with Crippen LogP contribution in [0.3, 0.4) is 0 Å². The van der Waals surface area contributed by atoms with Gasteiger partial charge in [-0.1, -0.05) is 111 Å². The van der Waals surface area contributed by atoms with Crippen molar-refractivity contribution in [3.63, 3.8) is 0 Å². The van der Waals surface area contributed by atoms with E-state index in [9.17, 15) is 0 Å². The highest BCUT2D eigenvalue weighted by Gasteiger charge is 2.32. The average Bonchev–Trinajstić information content (AvgIpc) is 3.36. The molecule has 0 aliphatic heterocycles. The highest BCUT2D eigenvalue weighted by atomic mass is 14.4. The normalized spacial score (nSPS) is 22.9. The molecule has 0 aromatic heterocycles. The van der Waals surface area contributed by atoms with Crippen molar-refractivity contribution in [2.75, 3.05) is 0 Å². The molecule has 0 spiro atoms. The molecule has 0 bridgehead atoms. The lowest BCUT2D eigenvalue weighted by atomic mass is 9.80. The third-order valence-corrected chi connectivity index (χ3v) is 9.03. The van der Waals surface area contributed by atoms with Crippen molar-refractivity contribution in [1.82, 2.24) is 0 Å². The minimum atomic E-state index is 0.469. The molecule has 178 valence electrons. The predicted octanol–water partition coefficient (Wildman–Crippen LogP) is 9.58. The maximum atomic E-state index is 4.49. The van der Waals surface area contributed by atoms with E-state index < -0.39 is 0 Å². The zero-order valence-corrected chi connectivity index (χ0v) is 21.7. The second-order valence-corrected chi connectivity index (χ2v) is 11.5. The van der Waals surface area contributed by atoms with Crippen LogP contribution in [0.4, 0.5) is 0 Å². The fraction of sp³-hybridized carbons (Fsp3) is 0.471. The van der Waals surface area contributed by atoms with E-state index in [0.717, 1.165) is 25.2 Å². The third-order valence-electron chi connectivity index (χ3n) is 9.03. The van der Waals surface area contributed by atoms with Gasteiger partial charge < -0.3 is 0 Å². The van der Waals surface area contributed by atoms with Crippen molar-refractivity contribution < 1.29 is 0 Å². The Balaban J connectivity index is 1.44. The van der Waals surface area contributed by atoms with E-state index in [1.54, 1.807) is 11.1 Å². The molecule has 0 amide bonds. The van der Waals surface area contributed by atoms with Gasteiger partial charge in [0.1, 0.15) is 0 Å². The second kappa shape index (κ2) is 9.73. The fourth-order valence-electron chi connectivity index (χ4n) is 7.09. The summed E-state index contributed by atoms with van der Waals surface area (Å²) in [5.74, 6) is 1.96. The average molecular weight is 451 g/mol. The summed E-state index contributed by atoms with van der Waals surface area (Å²) in [5.41, 5.74) is 14.8. The molecule has 0 heterocycles. The number of rotatable bonds is 6. The molecule has 34 heavy (non-hydrogen) atoms. The Morgan fingerprint density at radius 1 is 0.941 bits per heavy atom. The molecule has 0 heteroatoms. The standard InChI is InChI=1S/C34H42/c1-6-28-17-24(4)31(25(28)5)20-27-18-29-13-10-14-30(33(29)21-27)34-16-22(2)15-23(3)32(34)19-26-11-8-7-9-12-26/h10,13-16,18,26,28,31H,4-9,11-12,17,19-21H2,1-3H3/t28-,31?/m1/s1. The van der Waals surface area contributed by atoms with Gasteiger partial charge in [0, 0.05) is 5.92 Å². The van der Waals surface area contributed by atoms with Gasteiger partial charge in [-0.15, -0.1) is 0 Å². The maximum Gasteiger partial charge on any atom is 0.00421 e. The highest BCUT2D eigenvalue weighted by Crippen LogP contribution is 2.46. The second-order valence-electron chi connectivity index (χ2n) is 11.5. The molecule has 1 unspecified atom stereocenters. The van der Waals surface area contributed by atoms with Crippen LogP contribution in [0.2, 0.25) is 0 Å². The van der Waals surface area contributed by atoms with Crippen molar-refractivity contribution in [3.05, 3.63) is 88.0 Å². The van der Waals surface area contributed by atoms with Crippen LogP contribution in [-0.2, 0) is 12.8 Å². The van der Waals surface area contributed by atoms with Gasteiger partial charge in [0.15, 0.2) is 0 Å². The largest absolute Gasteiger partial charge is 0.0992 e. The Hall–Kier alpha value is -2.34. The fourth-order valence-corrected chi connectivity index (χ4v) is 7.09. The van der Waals surface area contributed by atoms with Crippen LogP contribution in [0.15, 0.2) is 60.2 Å². The summed E-state index contributed by atoms with van der Waals surface area (Å²) in [5, 5.41) is 0. The Labute approximate surface area is 207 Å². The molecule has 3 aliphatic rings. The third kappa shape index (κ3) is 4.49. The van der Waals surface area contributed by atoms with Crippen LogP contribution in [-0.4, -0.2) is 0 Å². The van der Waals surface area contributed by atoms with E-state index in [1.807, 2.05) is 0 Å². The quantitative estimate of drug-likeness (QED) is 0.384. The lowest BCUT2D eigenvalue weighted by Crippen LogP contribution is -2.11. The molecule has 5 rings (SSSR count). The molecule has 2 saturated carbocycles. The lowest BCUT2D eigenvalue weighted by Gasteiger charge is -2.25. The number of hydrogen-bond acceptors (Lipinski definition) is 0. The molecular formula is C34H42. The van der Waals surface area contributed by atoms with Crippen LogP contribution in [0.25, 0.3) is 17.2 Å².